The lowest BCUT2D eigenvalue weighted by Gasteiger charge is -2.23. The highest BCUT2D eigenvalue weighted by molar-refractivity contribution is 9.10. The standard InChI is InChI=1S/C27H23BrNOP/c1-19-5-2-3-7-25(19)26-15-21(10-11-22(26)16-29)27(23-6-4-14-31-18-23)30-17-20-8-12-24(28)13-9-20/h2-13,15,18,27,31H,14,17H2,1H3. The molecule has 2 unspecified atom stereocenters. The average molecular weight is 488 g/mol. The van der Waals surface area contributed by atoms with Crippen molar-refractivity contribution in [3.63, 3.8) is 0 Å². The Hall–Kier alpha value is -2.50. The van der Waals surface area contributed by atoms with Crippen LogP contribution in [0.2, 0.25) is 0 Å². The summed E-state index contributed by atoms with van der Waals surface area (Å²) in [7, 11) is 0.767. The van der Waals surface area contributed by atoms with Crippen LogP contribution in [0.25, 0.3) is 11.1 Å². The minimum Gasteiger partial charge on any atom is -0.364 e. The molecule has 154 valence electrons. The van der Waals surface area contributed by atoms with Gasteiger partial charge in [-0.25, -0.2) is 0 Å². The summed E-state index contributed by atoms with van der Waals surface area (Å²) in [6.45, 7) is 2.60. The van der Waals surface area contributed by atoms with Gasteiger partial charge in [0, 0.05) is 10.0 Å². The van der Waals surface area contributed by atoms with E-state index in [4.69, 9.17) is 4.74 Å². The molecule has 0 bridgehead atoms. The highest BCUT2D eigenvalue weighted by atomic mass is 79.9. The zero-order valence-electron chi connectivity index (χ0n) is 17.3. The predicted molar refractivity (Wildman–Crippen MR) is 133 cm³/mol. The van der Waals surface area contributed by atoms with Crippen LogP contribution in [0.5, 0.6) is 0 Å². The fourth-order valence-electron chi connectivity index (χ4n) is 3.72. The number of nitriles is 1. The number of benzene rings is 3. The van der Waals surface area contributed by atoms with Crippen molar-refractivity contribution in [3.05, 3.63) is 117 Å². The molecule has 0 saturated heterocycles. The summed E-state index contributed by atoms with van der Waals surface area (Å²) in [5, 5.41) is 9.72. The summed E-state index contributed by atoms with van der Waals surface area (Å²) < 4.78 is 7.53. The van der Waals surface area contributed by atoms with Crippen LogP contribution in [0, 0.1) is 18.3 Å². The van der Waals surface area contributed by atoms with E-state index >= 15 is 0 Å². The van der Waals surface area contributed by atoms with Crippen LogP contribution >= 0.6 is 24.5 Å². The van der Waals surface area contributed by atoms with Gasteiger partial charge in [-0.15, -0.1) is 0 Å². The van der Waals surface area contributed by atoms with Crippen molar-refractivity contribution >= 4 is 24.5 Å². The van der Waals surface area contributed by atoms with Gasteiger partial charge in [-0.3, -0.25) is 0 Å². The topological polar surface area (TPSA) is 33.0 Å². The Morgan fingerprint density at radius 1 is 1.06 bits per heavy atom. The van der Waals surface area contributed by atoms with Gasteiger partial charge in [-0.05, 0) is 65.2 Å². The largest absolute Gasteiger partial charge is 0.364 e. The number of allylic oxidation sites excluding steroid dienone is 1. The fraction of sp³-hybridized carbons (Fsp3) is 0.148. The number of nitrogens with zero attached hydrogens (tertiary/aromatic N) is 1. The van der Waals surface area contributed by atoms with Crippen LogP contribution in [0.15, 0.2) is 94.7 Å². The third-order valence-corrected chi connectivity index (χ3v) is 6.89. The van der Waals surface area contributed by atoms with Crippen LogP contribution in [0.1, 0.15) is 28.4 Å². The lowest BCUT2D eigenvalue weighted by Crippen LogP contribution is -2.08. The van der Waals surface area contributed by atoms with Gasteiger partial charge in [0.2, 0.25) is 0 Å². The maximum absolute atomic E-state index is 9.72. The van der Waals surface area contributed by atoms with Crippen LogP contribution in [0.3, 0.4) is 0 Å². The molecule has 0 aliphatic carbocycles. The molecule has 0 radical (unpaired) electrons. The summed E-state index contributed by atoms with van der Waals surface area (Å²) in [6.07, 6.45) is 5.30. The number of aryl methyl sites for hydroxylation is 1. The Balaban J connectivity index is 1.72. The van der Waals surface area contributed by atoms with Crippen LogP contribution in [-0.4, -0.2) is 6.16 Å². The van der Waals surface area contributed by atoms with Crippen LogP contribution < -0.4 is 0 Å². The van der Waals surface area contributed by atoms with E-state index in [9.17, 15) is 5.26 Å². The molecule has 0 amide bonds. The van der Waals surface area contributed by atoms with E-state index in [0.29, 0.717) is 12.2 Å². The first-order valence-corrected chi connectivity index (χ1v) is 12.3. The Bertz CT molecular complexity index is 1170. The highest BCUT2D eigenvalue weighted by Gasteiger charge is 2.19. The van der Waals surface area contributed by atoms with E-state index in [0.717, 1.165) is 47.0 Å². The SMILES string of the molecule is Cc1ccccc1-c1cc(C(OCc2ccc(Br)cc2)C2=CPCC=C2)ccc1C#N. The van der Waals surface area contributed by atoms with Crippen LogP contribution in [-0.2, 0) is 11.3 Å². The lowest BCUT2D eigenvalue weighted by atomic mass is 9.92. The van der Waals surface area contributed by atoms with Crippen molar-refractivity contribution in [2.45, 2.75) is 19.6 Å². The monoisotopic (exact) mass is 487 g/mol. The third kappa shape index (κ3) is 5.23. The second kappa shape index (κ2) is 10.2. The van der Waals surface area contributed by atoms with Crippen molar-refractivity contribution in [3.8, 4) is 17.2 Å². The molecule has 0 aromatic heterocycles. The second-order valence-electron chi connectivity index (χ2n) is 7.50. The van der Waals surface area contributed by atoms with E-state index in [1.807, 2.05) is 36.4 Å². The molecule has 0 N–H and O–H groups in total. The van der Waals surface area contributed by atoms with Crippen molar-refractivity contribution in [2.75, 3.05) is 6.16 Å². The normalized spacial score (nSPS) is 14.8. The zero-order chi connectivity index (χ0) is 21.6. The van der Waals surface area contributed by atoms with Crippen molar-refractivity contribution in [1.82, 2.24) is 0 Å². The first kappa shape index (κ1) is 21.7. The Labute approximate surface area is 194 Å². The number of ether oxygens (including phenoxy) is 1. The van der Waals surface area contributed by atoms with Gasteiger partial charge in [-0.1, -0.05) is 84.9 Å². The summed E-state index contributed by atoms with van der Waals surface area (Å²) in [6, 6.07) is 24.9. The van der Waals surface area contributed by atoms with E-state index < -0.39 is 0 Å². The Morgan fingerprint density at radius 2 is 1.87 bits per heavy atom. The van der Waals surface area contributed by atoms with Gasteiger partial charge in [0.15, 0.2) is 0 Å². The molecule has 0 fully saturated rings. The molecule has 31 heavy (non-hydrogen) atoms. The average Bonchev–Trinajstić information content (AvgIpc) is 2.81. The molecule has 0 spiro atoms. The van der Waals surface area contributed by atoms with Gasteiger partial charge < -0.3 is 4.74 Å². The quantitative estimate of drug-likeness (QED) is 0.334. The molecule has 3 aromatic carbocycles. The number of halogens is 1. The summed E-state index contributed by atoms with van der Waals surface area (Å²) in [5.41, 5.74) is 7.25. The fourth-order valence-corrected chi connectivity index (χ4v) is 4.84. The van der Waals surface area contributed by atoms with E-state index in [1.165, 1.54) is 5.57 Å². The maximum atomic E-state index is 9.72. The molecule has 2 nitrogen and oxygen atoms in total. The Kier molecular flexibility index (Phi) is 7.15. The zero-order valence-corrected chi connectivity index (χ0v) is 19.9. The molecule has 1 aliphatic rings. The van der Waals surface area contributed by atoms with Gasteiger partial charge in [0.25, 0.3) is 0 Å². The van der Waals surface area contributed by atoms with Crippen molar-refractivity contribution in [2.24, 2.45) is 0 Å². The second-order valence-corrected chi connectivity index (χ2v) is 9.53. The molecule has 1 aliphatic heterocycles. The van der Waals surface area contributed by atoms with Gasteiger partial charge in [-0.2, -0.15) is 5.26 Å². The van der Waals surface area contributed by atoms with Gasteiger partial charge >= 0.3 is 0 Å². The lowest BCUT2D eigenvalue weighted by molar-refractivity contribution is 0.0664. The molecule has 3 aromatic rings. The highest BCUT2D eigenvalue weighted by Crippen LogP contribution is 2.37. The van der Waals surface area contributed by atoms with E-state index in [2.05, 4.69) is 77.2 Å². The minimum absolute atomic E-state index is 0.178. The van der Waals surface area contributed by atoms with Crippen LogP contribution in [0.4, 0.5) is 0 Å². The summed E-state index contributed by atoms with van der Waals surface area (Å²) in [5.74, 6) is 2.29. The summed E-state index contributed by atoms with van der Waals surface area (Å²) in [4.78, 5) is 0. The third-order valence-electron chi connectivity index (χ3n) is 5.35. The van der Waals surface area contributed by atoms with Gasteiger partial charge in [0.05, 0.1) is 18.2 Å². The molecule has 4 heteroatoms. The predicted octanol–water partition coefficient (Wildman–Crippen LogP) is 7.69. The molecule has 1 heterocycles. The summed E-state index contributed by atoms with van der Waals surface area (Å²) >= 11 is 3.49. The number of rotatable bonds is 6. The van der Waals surface area contributed by atoms with E-state index in [1.54, 1.807) is 0 Å². The maximum Gasteiger partial charge on any atom is 0.108 e. The minimum atomic E-state index is -0.178. The molecule has 4 rings (SSSR count). The number of hydrogen-bond acceptors (Lipinski definition) is 2. The smallest absolute Gasteiger partial charge is 0.108 e. The number of hydrogen-bond donors (Lipinski definition) is 0. The molecular weight excluding hydrogens is 465 g/mol. The van der Waals surface area contributed by atoms with E-state index in [-0.39, 0.29) is 6.10 Å². The molecular formula is C27H23BrNOP. The van der Waals surface area contributed by atoms with Crippen molar-refractivity contribution in [1.29, 1.82) is 5.26 Å². The molecule has 0 saturated carbocycles. The van der Waals surface area contributed by atoms with Gasteiger partial charge in [0.1, 0.15) is 6.10 Å². The Morgan fingerprint density at radius 3 is 2.58 bits per heavy atom. The molecule has 2 atom stereocenters. The van der Waals surface area contributed by atoms with Crippen molar-refractivity contribution < 1.29 is 4.74 Å². The first-order valence-electron chi connectivity index (χ1n) is 10.2. The first-order chi connectivity index (χ1) is 15.2.